The molecule has 0 amide bonds. The summed E-state index contributed by atoms with van der Waals surface area (Å²) >= 11 is 0. The summed E-state index contributed by atoms with van der Waals surface area (Å²) in [6.45, 7) is 8.60. The Labute approximate surface area is 124 Å². The Balaban J connectivity index is 2.30. The number of rotatable bonds is 4. The van der Waals surface area contributed by atoms with Crippen LogP contribution in [0.3, 0.4) is 0 Å². The molecule has 21 heavy (non-hydrogen) atoms. The highest BCUT2D eigenvalue weighted by molar-refractivity contribution is 6.01. The van der Waals surface area contributed by atoms with Crippen LogP contribution < -0.4 is 0 Å². The summed E-state index contributed by atoms with van der Waals surface area (Å²) in [6, 6.07) is 7.56. The highest BCUT2D eigenvalue weighted by atomic mass is 16.7. The van der Waals surface area contributed by atoms with Crippen LogP contribution in [0.4, 0.5) is 0 Å². The topological polar surface area (TPSA) is 52.6 Å². The van der Waals surface area contributed by atoms with Crippen LogP contribution in [0.1, 0.15) is 38.3 Å². The standard InChI is InChI=1S/C17H20O4/c1-5-12-7-9-13(10-8-12)11-17(6-2)14(18)20-16(3,4)21-15(17)19/h5,7-10H,1,6,11H2,2-4H3. The Kier molecular flexibility index (Phi) is 3.90. The third-order valence-corrected chi connectivity index (χ3v) is 3.78. The molecule has 1 aromatic carbocycles. The molecular weight excluding hydrogens is 268 g/mol. The van der Waals surface area contributed by atoms with E-state index < -0.39 is 23.1 Å². The Morgan fingerprint density at radius 2 is 1.62 bits per heavy atom. The van der Waals surface area contributed by atoms with Crippen LogP contribution in [0.2, 0.25) is 0 Å². The van der Waals surface area contributed by atoms with Crippen LogP contribution >= 0.6 is 0 Å². The van der Waals surface area contributed by atoms with E-state index in [1.165, 1.54) is 0 Å². The molecule has 0 unspecified atom stereocenters. The average Bonchev–Trinajstić information content (AvgIpc) is 2.43. The number of esters is 2. The quantitative estimate of drug-likeness (QED) is 0.631. The van der Waals surface area contributed by atoms with Gasteiger partial charge in [0.15, 0.2) is 5.41 Å². The molecule has 1 aliphatic rings. The summed E-state index contributed by atoms with van der Waals surface area (Å²) in [5.41, 5.74) is 0.612. The van der Waals surface area contributed by atoms with E-state index in [-0.39, 0.29) is 6.42 Å². The maximum Gasteiger partial charge on any atom is 0.327 e. The van der Waals surface area contributed by atoms with Crippen LogP contribution in [-0.2, 0) is 25.5 Å². The fraction of sp³-hybridized carbons (Fsp3) is 0.412. The van der Waals surface area contributed by atoms with Crippen LogP contribution in [0.25, 0.3) is 6.08 Å². The molecule has 0 N–H and O–H groups in total. The van der Waals surface area contributed by atoms with Gasteiger partial charge in [0.25, 0.3) is 5.79 Å². The molecule has 4 nitrogen and oxygen atoms in total. The van der Waals surface area contributed by atoms with Crippen molar-refractivity contribution in [1.29, 1.82) is 0 Å². The van der Waals surface area contributed by atoms with Crippen molar-refractivity contribution in [3.05, 3.63) is 42.0 Å². The van der Waals surface area contributed by atoms with Gasteiger partial charge in [-0.25, -0.2) is 0 Å². The zero-order valence-electron chi connectivity index (χ0n) is 12.6. The summed E-state index contributed by atoms with van der Waals surface area (Å²) in [4.78, 5) is 24.7. The number of benzene rings is 1. The summed E-state index contributed by atoms with van der Waals surface area (Å²) in [7, 11) is 0. The van der Waals surface area contributed by atoms with E-state index in [1.54, 1.807) is 26.8 Å². The molecule has 2 rings (SSSR count). The second-order valence-corrected chi connectivity index (χ2v) is 5.74. The van der Waals surface area contributed by atoms with Crippen molar-refractivity contribution in [2.75, 3.05) is 0 Å². The van der Waals surface area contributed by atoms with Gasteiger partial charge in [0.05, 0.1) is 0 Å². The van der Waals surface area contributed by atoms with Gasteiger partial charge in [-0.3, -0.25) is 9.59 Å². The monoisotopic (exact) mass is 288 g/mol. The average molecular weight is 288 g/mol. The SMILES string of the molecule is C=Cc1ccc(CC2(CC)C(=O)OC(C)(C)OC2=O)cc1. The third kappa shape index (κ3) is 2.84. The fourth-order valence-electron chi connectivity index (χ4n) is 2.42. The largest absolute Gasteiger partial charge is 0.422 e. The lowest BCUT2D eigenvalue weighted by Gasteiger charge is -2.39. The predicted molar refractivity (Wildman–Crippen MR) is 79.2 cm³/mol. The number of ether oxygens (including phenoxy) is 2. The van der Waals surface area contributed by atoms with Crippen molar-refractivity contribution in [2.24, 2.45) is 5.41 Å². The Morgan fingerprint density at radius 3 is 2.05 bits per heavy atom. The summed E-state index contributed by atoms with van der Waals surface area (Å²) in [5.74, 6) is -2.22. The van der Waals surface area contributed by atoms with Crippen molar-refractivity contribution in [1.82, 2.24) is 0 Å². The molecule has 0 spiro atoms. The van der Waals surface area contributed by atoms with Crippen molar-refractivity contribution in [3.8, 4) is 0 Å². The number of cyclic esters (lactones) is 2. The molecule has 0 bridgehead atoms. The molecule has 0 atom stereocenters. The molecule has 112 valence electrons. The van der Waals surface area contributed by atoms with E-state index in [4.69, 9.17) is 9.47 Å². The second kappa shape index (κ2) is 5.35. The minimum atomic E-state index is -1.26. The number of hydrogen-bond donors (Lipinski definition) is 0. The van der Waals surface area contributed by atoms with Gasteiger partial charge in [0.1, 0.15) is 0 Å². The van der Waals surface area contributed by atoms with Crippen LogP contribution in [0.5, 0.6) is 0 Å². The Morgan fingerprint density at radius 1 is 1.10 bits per heavy atom. The lowest BCUT2D eigenvalue weighted by atomic mass is 9.78. The first-order chi connectivity index (χ1) is 9.83. The van der Waals surface area contributed by atoms with Crippen molar-refractivity contribution in [3.63, 3.8) is 0 Å². The van der Waals surface area contributed by atoms with Gasteiger partial charge in [0, 0.05) is 13.8 Å². The molecule has 0 radical (unpaired) electrons. The second-order valence-electron chi connectivity index (χ2n) is 5.74. The normalized spacial score (nSPS) is 19.6. The maximum atomic E-state index is 12.4. The zero-order chi connectivity index (χ0) is 15.7. The van der Waals surface area contributed by atoms with Gasteiger partial charge in [-0.1, -0.05) is 43.8 Å². The maximum absolute atomic E-state index is 12.4. The number of carbonyl (C=O) groups is 2. The summed E-state index contributed by atoms with van der Waals surface area (Å²) in [6.07, 6.45) is 2.35. The molecule has 1 aliphatic heterocycles. The molecule has 1 saturated heterocycles. The summed E-state index contributed by atoms with van der Waals surface area (Å²) in [5, 5.41) is 0. The van der Waals surface area contributed by atoms with E-state index in [9.17, 15) is 9.59 Å². The first-order valence-corrected chi connectivity index (χ1v) is 7.01. The molecule has 0 saturated carbocycles. The molecule has 0 aliphatic carbocycles. The predicted octanol–water partition coefficient (Wildman–Crippen LogP) is 3.10. The molecule has 1 fully saturated rings. The van der Waals surface area contributed by atoms with Gasteiger partial charge in [-0.05, 0) is 24.0 Å². The highest BCUT2D eigenvalue weighted by Crippen LogP contribution is 2.38. The first-order valence-electron chi connectivity index (χ1n) is 7.01. The van der Waals surface area contributed by atoms with E-state index in [2.05, 4.69) is 6.58 Å². The number of hydrogen-bond acceptors (Lipinski definition) is 4. The van der Waals surface area contributed by atoms with Crippen LogP contribution in [-0.4, -0.2) is 17.7 Å². The molecule has 0 aromatic heterocycles. The van der Waals surface area contributed by atoms with Gasteiger partial charge in [-0.15, -0.1) is 0 Å². The van der Waals surface area contributed by atoms with Crippen molar-refractivity contribution >= 4 is 18.0 Å². The lowest BCUT2D eigenvalue weighted by Crippen LogP contribution is -2.54. The van der Waals surface area contributed by atoms with Gasteiger partial charge < -0.3 is 9.47 Å². The van der Waals surface area contributed by atoms with Crippen LogP contribution in [0.15, 0.2) is 30.8 Å². The highest BCUT2D eigenvalue weighted by Gasteiger charge is 2.54. The molecule has 1 aromatic rings. The van der Waals surface area contributed by atoms with E-state index in [0.29, 0.717) is 6.42 Å². The van der Waals surface area contributed by atoms with Crippen molar-refractivity contribution < 1.29 is 19.1 Å². The zero-order valence-corrected chi connectivity index (χ0v) is 12.6. The van der Waals surface area contributed by atoms with E-state index >= 15 is 0 Å². The number of carbonyl (C=O) groups excluding carboxylic acids is 2. The Hall–Kier alpha value is -2.10. The molecule has 4 heteroatoms. The first kappa shape index (κ1) is 15.3. The van der Waals surface area contributed by atoms with Crippen LogP contribution in [0, 0.1) is 5.41 Å². The van der Waals surface area contributed by atoms with Crippen molar-refractivity contribution in [2.45, 2.75) is 39.4 Å². The van der Waals surface area contributed by atoms with Gasteiger partial charge in [0.2, 0.25) is 0 Å². The minimum absolute atomic E-state index is 0.272. The summed E-state index contributed by atoms with van der Waals surface area (Å²) < 4.78 is 10.5. The van der Waals surface area contributed by atoms with Gasteiger partial charge in [-0.2, -0.15) is 0 Å². The smallest absolute Gasteiger partial charge is 0.327 e. The fourth-order valence-corrected chi connectivity index (χ4v) is 2.42. The van der Waals surface area contributed by atoms with Gasteiger partial charge >= 0.3 is 11.9 Å². The van der Waals surface area contributed by atoms with E-state index in [0.717, 1.165) is 11.1 Å². The third-order valence-electron chi connectivity index (χ3n) is 3.78. The minimum Gasteiger partial charge on any atom is -0.422 e. The Bertz CT molecular complexity index is 549. The lowest BCUT2D eigenvalue weighted by molar-refractivity contribution is -0.251. The molecule has 1 heterocycles. The van der Waals surface area contributed by atoms with E-state index in [1.807, 2.05) is 24.3 Å². The molecular formula is C17H20O4.